The van der Waals surface area contributed by atoms with Crippen molar-refractivity contribution in [1.82, 2.24) is 5.32 Å². The Morgan fingerprint density at radius 2 is 0.857 bits per heavy atom. The van der Waals surface area contributed by atoms with Gasteiger partial charge in [-0.1, -0.05) is 129 Å². The van der Waals surface area contributed by atoms with E-state index in [-0.39, 0.29) is 57.9 Å². The fourth-order valence-electron chi connectivity index (χ4n) is 3.70. The average Bonchev–Trinajstić information content (AvgIpc) is 2.65. The quantitative estimate of drug-likeness (QED) is 0.136. The zero-order chi connectivity index (χ0) is 19.8. The molecular weight excluding hydrogens is 373 g/mol. The number of carboxylic acid groups (broad SMARTS) is 1. The van der Waals surface area contributed by atoms with Crippen LogP contribution in [0.15, 0.2) is 0 Å². The van der Waals surface area contributed by atoms with E-state index in [0.29, 0.717) is 0 Å². The summed E-state index contributed by atoms with van der Waals surface area (Å²) in [4.78, 5) is 10.3. The third-order valence-electron chi connectivity index (χ3n) is 5.48. The van der Waals surface area contributed by atoms with Crippen LogP contribution in [0, 0.1) is 0 Å². The van der Waals surface area contributed by atoms with Crippen molar-refractivity contribution in [2.75, 3.05) is 13.1 Å². The van der Waals surface area contributed by atoms with E-state index in [0.717, 1.165) is 13.0 Å². The van der Waals surface area contributed by atoms with E-state index in [1.807, 2.05) is 0 Å². The van der Waals surface area contributed by atoms with Gasteiger partial charge in [0.15, 0.2) is 0 Å². The van der Waals surface area contributed by atoms with Crippen LogP contribution in [0.2, 0.25) is 0 Å². The van der Waals surface area contributed by atoms with E-state index in [4.69, 9.17) is 5.11 Å². The molecule has 163 valence electrons. The van der Waals surface area contributed by atoms with Gasteiger partial charge < -0.3 is 10.4 Å². The van der Waals surface area contributed by atoms with Crippen molar-refractivity contribution in [1.29, 1.82) is 0 Å². The van der Waals surface area contributed by atoms with Crippen molar-refractivity contribution < 1.29 is 9.90 Å². The molecule has 2 N–H and O–H groups in total. The maximum atomic E-state index is 10.3. The minimum absolute atomic E-state index is 0. The standard InChI is InChI=1S/C24H49NO2.K/c1-2-3-4-5-6-7-8-9-10-11-12-13-14-15-16-17-18-19-20-21-22-25-23-24(26)27;/h25H,2-23H2,1H3,(H,26,27);. The molecule has 0 bridgehead atoms. The molecule has 0 rings (SSSR count). The fourth-order valence-corrected chi connectivity index (χ4v) is 3.70. The molecule has 0 spiro atoms. The molecule has 0 fully saturated rings. The van der Waals surface area contributed by atoms with Gasteiger partial charge in [0.05, 0.1) is 6.54 Å². The van der Waals surface area contributed by atoms with E-state index in [1.165, 1.54) is 122 Å². The van der Waals surface area contributed by atoms with Crippen molar-refractivity contribution in [3.8, 4) is 0 Å². The monoisotopic (exact) mass is 422 g/mol. The first-order valence-corrected chi connectivity index (χ1v) is 12.2. The maximum absolute atomic E-state index is 10.3. The summed E-state index contributed by atoms with van der Waals surface area (Å²) >= 11 is 0. The number of rotatable bonds is 23. The summed E-state index contributed by atoms with van der Waals surface area (Å²) < 4.78 is 0. The van der Waals surface area contributed by atoms with Crippen LogP contribution < -0.4 is 5.32 Å². The second-order valence-corrected chi connectivity index (χ2v) is 8.29. The third-order valence-corrected chi connectivity index (χ3v) is 5.48. The molecule has 0 aromatic carbocycles. The summed E-state index contributed by atoms with van der Waals surface area (Å²) in [6, 6.07) is 0. The summed E-state index contributed by atoms with van der Waals surface area (Å²) in [5.74, 6) is -0.761. The van der Waals surface area contributed by atoms with E-state index < -0.39 is 5.97 Å². The van der Waals surface area contributed by atoms with Crippen LogP contribution in [0.4, 0.5) is 0 Å². The molecule has 0 aromatic rings. The van der Waals surface area contributed by atoms with Gasteiger partial charge in [-0.3, -0.25) is 4.79 Å². The van der Waals surface area contributed by atoms with E-state index in [1.54, 1.807) is 0 Å². The van der Waals surface area contributed by atoms with Gasteiger partial charge in [-0.15, -0.1) is 0 Å². The Bertz CT molecular complexity index is 300. The number of aliphatic carboxylic acids is 1. The molecular formula is C24H49KNO2. The van der Waals surface area contributed by atoms with Gasteiger partial charge in [-0.2, -0.15) is 0 Å². The Morgan fingerprint density at radius 3 is 1.14 bits per heavy atom. The molecule has 3 nitrogen and oxygen atoms in total. The normalized spacial score (nSPS) is 10.8. The number of carbonyl (C=O) groups is 1. The molecule has 28 heavy (non-hydrogen) atoms. The summed E-state index contributed by atoms with van der Waals surface area (Å²) in [5, 5.41) is 11.5. The van der Waals surface area contributed by atoms with Crippen LogP contribution in [0.5, 0.6) is 0 Å². The van der Waals surface area contributed by atoms with Crippen LogP contribution >= 0.6 is 0 Å². The Kier molecular flexibility index (Phi) is 31.3. The number of hydrogen-bond donors (Lipinski definition) is 2. The first-order valence-electron chi connectivity index (χ1n) is 12.2. The van der Waals surface area contributed by atoms with Crippen molar-refractivity contribution >= 4 is 57.4 Å². The smallest absolute Gasteiger partial charge is 0.317 e. The van der Waals surface area contributed by atoms with Gasteiger partial charge in [-0.05, 0) is 13.0 Å². The van der Waals surface area contributed by atoms with Gasteiger partial charge in [0.25, 0.3) is 0 Å². The van der Waals surface area contributed by atoms with Crippen LogP contribution in [0.3, 0.4) is 0 Å². The number of carboxylic acids is 1. The second-order valence-electron chi connectivity index (χ2n) is 8.29. The van der Waals surface area contributed by atoms with Crippen LogP contribution in [0.25, 0.3) is 0 Å². The van der Waals surface area contributed by atoms with Crippen molar-refractivity contribution in [3.05, 3.63) is 0 Å². The van der Waals surface area contributed by atoms with Crippen LogP contribution in [-0.4, -0.2) is 75.5 Å². The Hall–Kier alpha value is 1.07. The van der Waals surface area contributed by atoms with Gasteiger partial charge in [0.2, 0.25) is 0 Å². The summed E-state index contributed by atoms with van der Waals surface area (Å²) in [5.41, 5.74) is 0. The Balaban J connectivity index is 0. The predicted octanol–water partition coefficient (Wildman–Crippen LogP) is 7.10. The SMILES string of the molecule is CCCCCCCCCCCCCCCCCCCCCCNCC(=O)O.[K]. The molecule has 1 radical (unpaired) electrons. The molecule has 0 atom stereocenters. The van der Waals surface area contributed by atoms with E-state index in [2.05, 4.69) is 12.2 Å². The molecule has 0 aromatic heterocycles. The summed E-state index contributed by atoms with van der Waals surface area (Å²) in [6.45, 7) is 3.22. The average molecular weight is 423 g/mol. The second kappa shape index (κ2) is 28.1. The topological polar surface area (TPSA) is 49.3 Å². The molecule has 0 amide bonds. The molecule has 0 aliphatic carbocycles. The van der Waals surface area contributed by atoms with Gasteiger partial charge in [-0.25, -0.2) is 0 Å². The first kappa shape index (κ1) is 31.3. The van der Waals surface area contributed by atoms with Crippen molar-refractivity contribution in [2.45, 2.75) is 135 Å². The number of unbranched alkanes of at least 4 members (excludes halogenated alkanes) is 19. The molecule has 0 unspecified atom stereocenters. The molecule has 4 heteroatoms. The largest absolute Gasteiger partial charge is 0.480 e. The zero-order valence-electron chi connectivity index (χ0n) is 19.4. The Labute approximate surface area is 219 Å². The van der Waals surface area contributed by atoms with Crippen molar-refractivity contribution in [3.63, 3.8) is 0 Å². The van der Waals surface area contributed by atoms with Gasteiger partial charge >= 0.3 is 5.97 Å². The predicted molar refractivity (Wildman–Crippen MR) is 124 cm³/mol. The van der Waals surface area contributed by atoms with Crippen molar-refractivity contribution in [2.24, 2.45) is 0 Å². The van der Waals surface area contributed by atoms with Gasteiger partial charge in [0.1, 0.15) is 0 Å². The molecule has 0 saturated heterocycles. The fraction of sp³-hybridized carbons (Fsp3) is 0.958. The molecule has 0 aliphatic heterocycles. The zero-order valence-corrected chi connectivity index (χ0v) is 22.5. The minimum Gasteiger partial charge on any atom is -0.480 e. The van der Waals surface area contributed by atoms with E-state index in [9.17, 15) is 4.79 Å². The van der Waals surface area contributed by atoms with Gasteiger partial charge in [0, 0.05) is 51.4 Å². The summed E-state index contributed by atoms with van der Waals surface area (Å²) in [7, 11) is 0. The molecule has 0 saturated carbocycles. The molecule has 0 heterocycles. The maximum Gasteiger partial charge on any atom is 0.317 e. The summed E-state index contributed by atoms with van der Waals surface area (Å²) in [6.07, 6.45) is 27.9. The van der Waals surface area contributed by atoms with E-state index >= 15 is 0 Å². The minimum atomic E-state index is -0.761. The number of hydrogen-bond acceptors (Lipinski definition) is 2. The first-order chi connectivity index (χ1) is 13.3. The third kappa shape index (κ3) is 29.3. The molecule has 0 aliphatic rings. The Morgan fingerprint density at radius 1 is 0.571 bits per heavy atom. The van der Waals surface area contributed by atoms with Crippen LogP contribution in [-0.2, 0) is 4.79 Å². The number of nitrogens with one attached hydrogen (secondary N) is 1. The van der Waals surface area contributed by atoms with Crippen LogP contribution in [0.1, 0.15) is 135 Å².